The van der Waals surface area contributed by atoms with Gasteiger partial charge in [0.25, 0.3) is 0 Å². The minimum Gasteiger partial charge on any atom is -0.356 e. The average molecular weight is 312 g/mol. The molecule has 0 radical (unpaired) electrons. The fraction of sp³-hybridized carbons (Fsp3) is 0.667. The molecule has 1 fully saturated rings. The van der Waals surface area contributed by atoms with Crippen LogP contribution in [0.25, 0.3) is 0 Å². The quantitative estimate of drug-likeness (QED) is 0.741. The van der Waals surface area contributed by atoms with E-state index in [9.17, 15) is 13.2 Å². The van der Waals surface area contributed by atoms with Crippen molar-refractivity contribution < 1.29 is 13.2 Å². The molecule has 0 saturated carbocycles. The highest BCUT2D eigenvalue weighted by Crippen LogP contribution is 2.17. The minimum atomic E-state index is -2.84. The number of aryl methyl sites for hydroxylation is 1. The SMILES string of the molecule is O=C(CCCCCn1cccc1)NC[C@H]1CCS(=O)(=O)C1. The van der Waals surface area contributed by atoms with Crippen molar-refractivity contribution in [3.05, 3.63) is 24.5 Å². The molecule has 1 saturated heterocycles. The Hall–Kier alpha value is -1.30. The molecule has 5 nitrogen and oxygen atoms in total. The molecule has 21 heavy (non-hydrogen) atoms. The van der Waals surface area contributed by atoms with Crippen molar-refractivity contribution in [1.29, 1.82) is 0 Å². The van der Waals surface area contributed by atoms with Crippen LogP contribution >= 0.6 is 0 Å². The van der Waals surface area contributed by atoms with Crippen molar-refractivity contribution >= 4 is 15.7 Å². The highest BCUT2D eigenvalue weighted by molar-refractivity contribution is 7.91. The number of hydrogen-bond acceptors (Lipinski definition) is 3. The summed E-state index contributed by atoms with van der Waals surface area (Å²) in [4.78, 5) is 11.7. The topological polar surface area (TPSA) is 68.2 Å². The van der Waals surface area contributed by atoms with Crippen LogP contribution in [0.15, 0.2) is 24.5 Å². The van der Waals surface area contributed by atoms with Crippen LogP contribution in [0.1, 0.15) is 32.1 Å². The molecule has 0 spiro atoms. The average Bonchev–Trinajstić information content (AvgIpc) is 3.05. The summed E-state index contributed by atoms with van der Waals surface area (Å²) in [6.07, 6.45) is 8.29. The Kier molecular flexibility index (Phi) is 5.85. The number of rotatable bonds is 8. The number of nitrogens with one attached hydrogen (secondary N) is 1. The van der Waals surface area contributed by atoms with Gasteiger partial charge < -0.3 is 9.88 Å². The molecule has 1 aliphatic heterocycles. The summed E-state index contributed by atoms with van der Waals surface area (Å²) in [5.74, 6) is 0.643. The molecule has 1 aromatic rings. The Morgan fingerprint density at radius 3 is 2.62 bits per heavy atom. The fourth-order valence-electron chi connectivity index (χ4n) is 2.66. The van der Waals surface area contributed by atoms with Gasteiger partial charge in [-0.15, -0.1) is 0 Å². The normalized spacial score (nSPS) is 20.5. The van der Waals surface area contributed by atoms with Crippen LogP contribution in [0, 0.1) is 5.92 Å². The third-order valence-electron chi connectivity index (χ3n) is 3.90. The Morgan fingerprint density at radius 1 is 1.19 bits per heavy atom. The lowest BCUT2D eigenvalue weighted by molar-refractivity contribution is -0.121. The smallest absolute Gasteiger partial charge is 0.220 e. The zero-order valence-corrected chi connectivity index (χ0v) is 13.1. The minimum absolute atomic E-state index is 0.0419. The number of carbonyl (C=O) groups excluding carboxylic acids is 1. The van der Waals surface area contributed by atoms with E-state index in [4.69, 9.17) is 0 Å². The summed E-state index contributed by atoms with van der Waals surface area (Å²) >= 11 is 0. The predicted octanol–water partition coefficient (Wildman–Crippen LogP) is 1.60. The molecular weight excluding hydrogens is 288 g/mol. The molecular formula is C15H24N2O3S. The van der Waals surface area contributed by atoms with E-state index in [0.29, 0.717) is 19.4 Å². The Labute approximate surface area is 126 Å². The highest BCUT2D eigenvalue weighted by atomic mass is 32.2. The molecule has 2 rings (SSSR count). The molecule has 6 heteroatoms. The lowest BCUT2D eigenvalue weighted by Crippen LogP contribution is -2.29. The van der Waals surface area contributed by atoms with Crippen LogP contribution in [0.5, 0.6) is 0 Å². The second-order valence-electron chi connectivity index (χ2n) is 5.80. The zero-order valence-electron chi connectivity index (χ0n) is 12.3. The lowest BCUT2D eigenvalue weighted by atomic mass is 10.1. The summed E-state index contributed by atoms with van der Waals surface area (Å²) in [5, 5.41) is 2.86. The first-order valence-electron chi connectivity index (χ1n) is 7.63. The molecule has 1 N–H and O–H groups in total. The number of hydrogen-bond donors (Lipinski definition) is 1. The van der Waals surface area contributed by atoms with Gasteiger partial charge in [0, 0.05) is 31.9 Å². The number of amides is 1. The third-order valence-corrected chi connectivity index (χ3v) is 5.74. The van der Waals surface area contributed by atoms with Gasteiger partial charge in [-0.25, -0.2) is 8.42 Å². The second-order valence-corrected chi connectivity index (χ2v) is 8.03. The first-order valence-corrected chi connectivity index (χ1v) is 9.45. The van der Waals surface area contributed by atoms with Gasteiger partial charge in [-0.1, -0.05) is 6.42 Å². The standard InChI is InChI=1S/C15H24N2O3S/c18-15(16-12-14-7-11-21(19,20)13-14)6-2-1-3-8-17-9-4-5-10-17/h4-5,9-10,14H,1-3,6-8,11-13H2,(H,16,18)/t14-/m1/s1. The number of unbranched alkanes of at least 4 members (excludes halogenated alkanes) is 2. The molecule has 1 amide bonds. The lowest BCUT2D eigenvalue weighted by Gasteiger charge is -2.09. The van der Waals surface area contributed by atoms with Crippen molar-refractivity contribution in [2.45, 2.75) is 38.6 Å². The van der Waals surface area contributed by atoms with E-state index in [1.54, 1.807) is 0 Å². The Bertz CT molecular complexity index is 537. The van der Waals surface area contributed by atoms with E-state index >= 15 is 0 Å². The number of aromatic nitrogens is 1. The first-order chi connectivity index (χ1) is 10.1. The van der Waals surface area contributed by atoms with Gasteiger partial charge in [0.05, 0.1) is 11.5 Å². The molecule has 1 aliphatic rings. The largest absolute Gasteiger partial charge is 0.356 e. The molecule has 118 valence electrons. The van der Waals surface area contributed by atoms with Gasteiger partial charge in [-0.2, -0.15) is 0 Å². The van der Waals surface area contributed by atoms with Gasteiger partial charge >= 0.3 is 0 Å². The summed E-state index contributed by atoms with van der Waals surface area (Å²) in [7, 11) is -2.84. The number of sulfone groups is 1. The van der Waals surface area contributed by atoms with E-state index in [0.717, 1.165) is 25.8 Å². The first kappa shape index (κ1) is 16.1. The molecule has 1 atom stereocenters. The van der Waals surface area contributed by atoms with E-state index < -0.39 is 9.84 Å². The Morgan fingerprint density at radius 2 is 1.95 bits per heavy atom. The van der Waals surface area contributed by atoms with Crippen molar-refractivity contribution in [3.63, 3.8) is 0 Å². The molecule has 0 aromatic carbocycles. The Balaban J connectivity index is 1.50. The van der Waals surface area contributed by atoms with Crippen LogP contribution < -0.4 is 5.32 Å². The van der Waals surface area contributed by atoms with Crippen molar-refractivity contribution in [2.24, 2.45) is 5.92 Å². The van der Waals surface area contributed by atoms with Crippen LogP contribution in [0.4, 0.5) is 0 Å². The molecule has 0 unspecified atom stereocenters. The van der Waals surface area contributed by atoms with Crippen LogP contribution in [-0.2, 0) is 21.2 Å². The fourth-order valence-corrected chi connectivity index (χ4v) is 4.52. The number of nitrogens with zero attached hydrogens (tertiary/aromatic N) is 1. The zero-order chi connectivity index (χ0) is 15.1. The third kappa shape index (κ3) is 5.91. The van der Waals surface area contributed by atoms with Crippen LogP contribution in [0.3, 0.4) is 0 Å². The maximum atomic E-state index is 11.7. The van der Waals surface area contributed by atoms with E-state index in [-0.39, 0.29) is 23.3 Å². The van der Waals surface area contributed by atoms with Crippen molar-refractivity contribution in [1.82, 2.24) is 9.88 Å². The summed E-state index contributed by atoms with van der Waals surface area (Å²) < 4.78 is 24.8. The van der Waals surface area contributed by atoms with E-state index in [1.165, 1.54) is 0 Å². The van der Waals surface area contributed by atoms with Crippen molar-refractivity contribution in [3.8, 4) is 0 Å². The van der Waals surface area contributed by atoms with Gasteiger partial charge in [0.1, 0.15) is 0 Å². The van der Waals surface area contributed by atoms with E-state index in [1.807, 2.05) is 24.5 Å². The summed E-state index contributed by atoms with van der Waals surface area (Å²) in [6.45, 7) is 1.50. The van der Waals surface area contributed by atoms with Gasteiger partial charge in [0.15, 0.2) is 9.84 Å². The summed E-state index contributed by atoms with van der Waals surface area (Å²) in [5.41, 5.74) is 0. The maximum absolute atomic E-state index is 11.7. The van der Waals surface area contributed by atoms with E-state index in [2.05, 4.69) is 9.88 Å². The predicted molar refractivity (Wildman–Crippen MR) is 82.7 cm³/mol. The molecule has 2 heterocycles. The number of carbonyl (C=O) groups is 1. The molecule has 1 aromatic heterocycles. The van der Waals surface area contributed by atoms with Crippen molar-refractivity contribution in [2.75, 3.05) is 18.1 Å². The van der Waals surface area contributed by atoms with Gasteiger partial charge in [-0.3, -0.25) is 4.79 Å². The maximum Gasteiger partial charge on any atom is 0.220 e. The highest BCUT2D eigenvalue weighted by Gasteiger charge is 2.27. The molecule has 0 aliphatic carbocycles. The second kappa shape index (κ2) is 7.64. The monoisotopic (exact) mass is 312 g/mol. The van der Waals surface area contributed by atoms with Gasteiger partial charge in [0.2, 0.25) is 5.91 Å². The van der Waals surface area contributed by atoms with Crippen LogP contribution in [-0.4, -0.2) is 36.9 Å². The summed E-state index contributed by atoms with van der Waals surface area (Å²) in [6, 6.07) is 4.02. The van der Waals surface area contributed by atoms with Gasteiger partial charge in [-0.05, 0) is 37.3 Å². The molecule has 0 bridgehead atoms. The van der Waals surface area contributed by atoms with Crippen LogP contribution in [0.2, 0.25) is 0 Å².